The van der Waals surface area contributed by atoms with Crippen molar-refractivity contribution in [3.63, 3.8) is 0 Å². The molecule has 1 atom stereocenters. The highest BCUT2D eigenvalue weighted by atomic mass is 14.9. The van der Waals surface area contributed by atoms with Crippen LogP contribution in [0.4, 0.5) is 0 Å². The fourth-order valence-corrected chi connectivity index (χ4v) is 1.26. The molecule has 0 saturated carbocycles. The second-order valence-electron chi connectivity index (χ2n) is 4.12. The van der Waals surface area contributed by atoms with Gasteiger partial charge in [-0.3, -0.25) is 0 Å². The van der Waals surface area contributed by atoms with Crippen LogP contribution in [0.1, 0.15) is 46.5 Å². The maximum absolute atomic E-state index is 5.18. The molecule has 76 valence electrons. The Kier molecular flexibility index (Phi) is 7.83. The molecule has 0 aliphatic carbocycles. The highest BCUT2D eigenvalue weighted by Crippen LogP contribution is 2.08. The van der Waals surface area contributed by atoms with Crippen LogP contribution in [0.3, 0.4) is 0 Å². The molecule has 0 saturated heterocycles. The summed E-state index contributed by atoms with van der Waals surface area (Å²) in [5.74, 6) is 3.45. The van der Waals surface area contributed by atoms with Gasteiger partial charge in [0, 0.05) is 12.5 Å². The molecule has 0 radical (unpaired) electrons. The van der Waals surface area contributed by atoms with Crippen molar-refractivity contribution in [3.8, 4) is 12.3 Å². The van der Waals surface area contributed by atoms with E-state index in [-0.39, 0.29) is 0 Å². The Morgan fingerprint density at radius 1 is 1.23 bits per heavy atom. The van der Waals surface area contributed by atoms with E-state index in [9.17, 15) is 0 Å². The van der Waals surface area contributed by atoms with Gasteiger partial charge in [0.25, 0.3) is 0 Å². The van der Waals surface area contributed by atoms with E-state index in [0.717, 1.165) is 18.9 Å². The quantitative estimate of drug-likeness (QED) is 0.470. The van der Waals surface area contributed by atoms with Gasteiger partial charge in [-0.05, 0) is 25.3 Å². The maximum atomic E-state index is 5.18. The third kappa shape index (κ3) is 9.43. The van der Waals surface area contributed by atoms with Crippen molar-refractivity contribution in [2.75, 3.05) is 6.54 Å². The van der Waals surface area contributed by atoms with Crippen molar-refractivity contribution in [2.24, 2.45) is 5.92 Å². The Hall–Kier alpha value is -0.480. The summed E-state index contributed by atoms with van der Waals surface area (Å²) in [4.78, 5) is 0. The zero-order chi connectivity index (χ0) is 10.1. The van der Waals surface area contributed by atoms with E-state index in [1.165, 1.54) is 19.3 Å². The molecule has 1 unspecified atom stereocenters. The van der Waals surface area contributed by atoms with Crippen LogP contribution in [0, 0.1) is 18.3 Å². The van der Waals surface area contributed by atoms with Crippen molar-refractivity contribution < 1.29 is 0 Å². The summed E-state index contributed by atoms with van der Waals surface area (Å²) in [6.07, 6.45) is 9.86. The first-order valence-electron chi connectivity index (χ1n) is 5.33. The van der Waals surface area contributed by atoms with E-state index < -0.39 is 0 Å². The topological polar surface area (TPSA) is 12.0 Å². The van der Waals surface area contributed by atoms with E-state index in [4.69, 9.17) is 6.42 Å². The Bertz CT molecular complexity index is 144. The van der Waals surface area contributed by atoms with E-state index in [1.807, 2.05) is 0 Å². The molecule has 1 nitrogen and oxygen atoms in total. The average molecular weight is 181 g/mol. The Balaban J connectivity index is 3.21. The largest absolute Gasteiger partial charge is 0.314 e. The number of terminal acetylenes is 1. The van der Waals surface area contributed by atoms with Gasteiger partial charge in [-0.2, -0.15) is 0 Å². The number of hydrogen-bond acceptors (Lipinski definition) is 1. The first-order chi connectivity index (χ1) is 6.16. The summed E-state index contributed by atoms with van der Waals surface area (Å²) in [5, 5.41) is 3.45. The van der Waals surface area contributed by atoms with Crippen molar-refractivity contribution in [1.82, 2.24) is 5.32 Å². The number of rotatable bonds is 7. The lowest BCUT2D eigenvalue weighted by atomic mass is 10.0. The summed E-state index contributed by atoms with van der Waals surface area (Å²) >= 11 is 0. The molecule has 0 aliphatic heterocycles. The second kappa shape index (κ2) is 8.13. The maximum Gasteiger partial charge on any atom is 0.00860 e. The smallest absolute Gasteiger partial charge is 0.00860 e. The Morgan fingerprint density at radius 3 is 2.46 bits per heavy atom. The number of unbranched alkanes of at least 4 members (excludes halogenated alkanes) is 2. The summed E-state index contributed by atoms with van der Waals surface area (Å²) in [5.41, 5.74) is 0. The predicted octanol–water partition coefficient (Wildman–Crippen LogP) is 2.81. The van der Waals surface area contributed by atoms with Crippen LogP contribution in [-0.2, 0) is 0 Å². The molecule has 1 N–H and O–H groups in total. The highest BCUT2D eigenvalue weighted by molar-refractivity contribution is 4.82. The molecule has 0 amide bonds. The van der Waals surface area contributed by atoms with Gasteiger partial charge in [-0.15, -0.1) is 12.3 Å². The third-order valence-electron chi connectivity index (χ3n) is 2.14. The van der Waals surface area contributed by atoms with Crippen LogP contribution in [0.15, 0.2) is 0 Å². The molecule has 0 aliphatic rings. The lowest BCUT2D eigenvalue weighted by Gasteiger charge is -2.14. The summed E-state index contributed by atoms with van der Waals surface area (Å²) in [6.45, 7) is 7.80. The van der Waals surface area contributed by atoms with Gasteiger partial charge in [-0.25, -0.2) is 0 Å². The van der Waals surface area contributed by atoms with Crippen molar-refractivity contribution in [2.45, 2.75) is 52.5 Å². The predicted molar refractivity (Wildman–Crippen MR) is 59.6 cm³/mol. The number of nitrogens with one attached hydrogen (secondary N) is 1. The van der Waals surface area contributed by atoms with E-state index in [0.29, 0.717) is 6.04 Å². The van der Waals surface area contributed by atoms with Crippen LogP contribution < -0.4 is 5.32 Å². The first kappa shape index (κ1) is 12.5. The normalized spacial score (nSPS) is 12.8. The molecule has 0 aromatic rings. The highest BCUT2D eigenvalue weighted by Gasteiger charge is 2.01. The molecule has 1 heteroatoms. The van der Waals surface area contributed by atoms with Gasteiger partial charge in [0.2, 0.25) is 0 Å². The fourth-order valence-electron chi connectivity index (χ4n) is 1.26. The molecule has 0 bridgehead atoms. The molecule has 0 heterocycles. The second-order valence-corrected chi connectivity index (χ2v) is 4.12. The molecule has 0 spiro atoms. The van der Waals surface area contributed by atoms with Gasteiger partial charge >= 0.3 is 0 Å². The first-order valence-corrected chi connectivity index (χ1v) is 5.33. The van der Waals surface area contributed by atoms with Crippen molar-refractivity contribution in [1.29, 1.82) is 0 Å². The minimum absolute atomic E-state index is 0.605. The zero-order valence-corrected chi connectivity index (χ0v) is 9.27. The van der Waals surface area contributed by atoms with Crippen molar-refractivity contribution >= 4 is 0 Å². The van der Waals surface area contributed by atoms with Gasteiger partial charge in [0.1, 0.15) is 0 Å². The zero-order valence-electron chi connectivity index (χ0n) is 9.27. The molecular formula is C12H23N. The summed E-state index contributed by atoms with van der Waals surface area (Å²) in [7, 11) is 0. The molecule has 0 rings (SSSR count). The van der Waals surface area contributed by atoms with E-state index in [2.05, 4.69) is 32.0 Å². The molecule has 0 aromatic heterocycles. The van der Waals surface area contributed by atoms with Gasteiger partial charge in [0.15, 0.2) is 0 Å². The van der Waals surface area contributed by atoms with Crippen LogP contribution in [0.5, 0.6) is 0 Å². The number of hydrogen-bond donors (Lipinski definition) is 1. The average Bonchev–Trinajstić information content (AvgIpc) is 2.09. The van der Waals surface area contributed by atoms with Crippen LogP contribution in [0.2, 0.25) is 0 Å². The molecule has 0 fully saturated rings. The molecule has 13 heavy (non-hydrogen) atoms. The van der Waals surface area contributed by atoms with E-state index in [1.54, 1.807) is 0 Å². The van der Waals surface area contributed by atoms with Crippen LogP contribution in [0.25, 0.3) is 0 Å². The molecule has 0 aromatic carbocycles. The Morgan fingerprint density at radius 2 is 1.92 bits per heavy atom. The van der Waals surface area contributed by atoms with Gasteiger partial charge < -0.3 is 5.32 Å². The summed E-state index contributed by atoms with van der Waals surface area (Å²) < 4.78 is 0. The standard InChI is InChI=1S/C12H23N/c1-5-6-7-8-9-12(4)10-13-11(2)3/h1,11-13H,6-10H2,2-4H3. The SMILES string of the molecule is C#CCCCCC(C)CNC(C)C. The lowest BCUT2D eigenvalue weighted by molar-refractivity contribution is 0.438. The Labute approximate surface area is 83.3 Å². The van der Waals surface area contributed by atoms with Crippen molar-refractivity contribution in [3.05, 3.63) is 0 Å². The third-order valence-corrected chi connectivity index (χ3v) is 2.14. The van der Waals surface area contributed by atoms with Gasteiger partial charge in [0.05, 0.1) is 0 Å². The van der Waals surface area contributed by atoms with Crippen LogP contribution in [-0.4, -0.2) is 12.6 Å². The lowest BCUT2D eigenvalue weighted by Crippen LogP contribution is -2.27. The fraction of sp³-hybridized carbons (Fsp3) is 0.833. The summed E-state index contributed by atoms with van der Waals surface area (Å²) in [6, 6.07) is 0.605. The monoisotopic (exact) mass is 181 g/mol. The minimum atomic E-state index is 0.605. The van der Waals surface area contributed by atoms with Crippen LogP contribution >= 0.6 is 0 Å². The molecular weight excluding hydrogens is 158 g/mol. The minimum Gasteiger partial charge on any atom is -0.314 e. The van der Waals surface area contributed by atoms with E-state index >= 15 is 0 Å². The van der Waals surface area contributed by atoms with Gasteiger partial charge in [-0.1, -0.05) is 27.2 Å².